The van der Waals surface area contributed by atoms with E-state index in [4.69, 9.17) is 21.9 Å². The molecule has 0 spiro atoms. The van der Waals surface area contributed by atoms with E-state index >= 15 is 0 Å². The minimum Gasteiger partial charge on any atom is -0.337 e. The summed E-state index contributed by atoms with van der Waals surface area (Å²) in [6.07, 6.45) is 1.58. The van der Waals surface area contributed by atoms with Crippen molar-refractivity contribution in [1.82, 2.24) is 19.9 Å². The van der Waals surface area contributed by atoms with Gasteiger partial charge in [-0.2, -0.15) is 10.1 Å². The normalized spacial score (nSPS) is 12.1. The number of rotatable bonds is 3. The van der Waals surface area contributed by atoms with E-state index in [1.165, 1.54) is 0 Å². The molecule has 0 aliphatic heterocycles. The molecule has 2 aromatic heterocycles. The Morgan fingerprint density at radius 3 is 2.71 bits per heavy atom. The van der Waals surface area contributed by atoms with Crippen molar-refractivity contribution in [3.63, 3.8) is 0 Å². The zero-order valence-corrected chi connectivity index (χ0v) is 10.7. The molecule has 2 rings (SSSR count). The van der Waals surface area contributed by atoms with E-state index in [9.17, 15) is 0 Å². The predicted molar refractivity (Wildman–Crippen MR) is 62.6 cm³/mol. The number of nitrogens with zero attached hydrogens (tertiary/aromatic N) is 4. The molecule has 0 fully saturated rings. The lowest BCUT2D eigenvalue weighted by Crippen LogP contribution is -2.30. The number of aromatic nitrogens is 4. The molecule has 17 heavy (non-hydrogen) atoms. The van der Waals surface area contributed by atoms with Crippen LogP contribution in [0.25, 0.3) is 0 Å². The topological polar surface area (TPSA) is 82.8 Å². The molecule has 7 heteroatoms. The number of halogens is 1. The molecule has 0 saturated heterocycles. The van der Waals surface area contributed by atoms with Crippen LogP contribution >= 0.6 is 11.6 Å². The summed E-state index contributed by atoms with van der Waals surface area (Å²) < 4.78 is 6.81. The predicted octanol–water partition coefficient (Wildman–Crippen LogP) is 1.47. The van der Waals surface area contributed by atoms with Gasteiger partial charge in [-0.25, -0.2) is 0 Å². The molecule has 0 saturated carbocycles. The van der Waals surface area contributed by atoms with E-state index in [1.54, 1.807) is 10.9 Å². The maximum Gasteiger partial charge on any atom is 0.248 e. The lowest BCUT2D eigenvalue weighted by atomic mass is 10.1. The van der Waals surface area contributed by atoms with Crippen molar-refractivity contribution in [3.8, 4) is 0 Å². The largest absolute Gasteiger partial charge is 0.337 e. The molecule has 6 nitrogen and oxygen atoms in total. The average Bonchev–Trinajstić information content (AvgIpc) is 2.80. The third kappa shape index (κ3) is 2.48. The van der Waals surface area contributed by atoms with Gasteiger partial charge in [0.2, 0.25) is 5.89 Å². The van der Waals surface area contributed by atoms with E-state index in [0.717, 1.165) is 5.69 Å². The summed E-state index contributed by atoms with van der Waals surface area (Å²) >= 11 is 5.90. The highest BCUT2D eigenvalue weighted by atomic mass is 35.5. The first-order valence-electron chi connectivity index (χ1n) is 5.18. The van der Waals surface area contributed by atoms with Crippen molar-refractivity contribution in [2.45, 2.75) is 32.9 Å². The van der Waals surface area contributed by atoms with Crippen molar-refractivity contribution in [1.29, 1.82) is 0 Å². The van der Waals surface area contributed by atoms with Gasteiger partial charge in [-0.3, -0.25) is 4.68 Å². The fraction of sp³-hybridized carbons (Fsp3) is 0.500. The van der Waals surface area contributed by atoms with Crippen LogP contribution in [0.2, 0.25) is 5.02 Å². The summed E-state index contributed by atoms with van der Waals surface area (Å²) in [4.78, 5) is 4.22. The van der Waals surface area contributed by atoms with E-state index in [2.05, 4.69) is 15.2 Å². The second-order valence-corrected chi connectivity index (χ2v) is 4.88. The quantitative estimate of drug-likeness (QED) is 0.898. The summed E-state index contributed by atoms with van der Waals surface area (Å²) in [5.74, 6) is 0.935. The van der Waals surface area contributed by atoms with E-state index in [0.29, 0.717) is 23.3 Å². The van der Waals surface area contributed by atoms with Crippen LogP contribution in [-0.4, -0.2) is 19.9 Å². The molecule has 0 bridgehead atoms. The minimum atomic E-state index is -0.613. The second-order valence-electron chi connectivity index (χ2n) is 4.47. The standard InChI is InChI=1S/C10H14ClN5O/c1-6-7(11)4-13-16(6)5-8-14-9(15-17-8)10(2,3)12/h4H,5,12H2,1-3H3. The Hall–Kier alpha value is -1.40. The Labute approximate surface area is 104 Å². The van der Waals surface area contributed by atoms with Crippen LogP contribution in [-0.2, 0) is 12.1 Å². The molecule has 2 heterocycles. The third-order valence-electron chi connectivity index (χ3n) is 2.37. The van der Waals surface area contributed by atoms with Gasteiger partial charge in [-0.1, -0.05) is 16.8 Å². The average molecular weight is 256 g/mol. The van der Waals surface area contributed by atoms with Crippen LogP contribution < -0.4 is 5.73 Å². The van der Waals surface area contributed by atoms with Crippen molar-refractivity contribution in [3.05, 3.63) is 28.6 Å². The van der Waals surface area contributed by atoms with Gasteiger partial charge in [0.05, 0.1) is 22.5 Å². The molecule has 0 aliphatic rings. The monoisotopic (exact) mass is 255 g/mol. The van der Waals surface area contributed by atoms with Gasteiger partial charge in [-0.15, -0.1) is 0 Å². The molecule has 0 unspecified atom stereocenters. The summed E-state index contributed by atoms with van der Waals surface area (Å²) in [7, 11) is 0. The molecule has 92 valence electrons. The molecule has 2 aromatic rings. The fourth-order valence-electron chi connectivity index (χ4n) is 1.29. The highest BCUT2D eigenvalue weighted by Crippen LogP contribution is 2.16. The zero-order valence-electron chi connectivity index (χ0n) is 9.94. The first-order valence-corrected chi connectivity index (χ1v) is 5.55. The molecule has 0 aromatic carbocycles. The minimum absolute atomic E-state index is 0.391. The van der Waals surface area contributed by atoms with Gasteiger partial charge in [0.25, 0.3) is 0 Å². The second kappa shape index (κ2) is 4.12. The molecule has 0 aliphatic carbocycles. The lowest BCUT2D eigenvalue weighted by molar-refractivity contribution is 0.350. The van der Waals surface area contributed by atoms with Crippen LogP contribution in [0.3, 0.4) is 0 Å². The summed E-state index contributed by atoms with van der Waals surface area (Å²) in [5, 5.41) is 8.56. The van der Waals surface area contributed by atoms with Crippen molar-refractivity contribution >= 4 is 11.6 Å². The fourth-order valence-corrected chi connectivity index (χ4v) is 1.43. The molecule has 0 radical (unpaired) electrons. The third-order valence-corrected chi connectivity index (χ3v) is 2.74. The lowest BCUT2D eigenvalue weighted by Gasteiger charge is -2.11. The Morgan fingerprint density at radius 2 is 2.24 bits per heavy atom. The number of nitrogens with two attached hydrogens (primary N) is 1. The Balaban J connectivity index is 2.20. The van der Waals surface area contributed by atoms with Crippen LogP contribution in [0.1, 0.15) is 31.3 Å². The van der Waals surface area contributed by atoms with Crippen LogP contribution in [0, 0.1) is 6.92 Å². The Morgan fingerprint density at radius 1 is 1.53 bits per heavy atom. The van der Waals surface area contributed by atoms with Crippen molar-refractivity contribution < 1.29 is 4.52 Å². The maximum absolute atomic E-state index is 5.90. The Kier molecular flexibility index (Phi) is 2.92. The number of hydrogen-bond donors (Lipinski definition) is 1. The SMILES string of the molecule is Cc1c(Cl)cnn1Cc1nc(C(C)(C)N)no1. The first kappa shape index (κ1) is 12.1. The molecule has 0 amide bonds. The van der Waals surface area contributed by atoms with E-state index in [1.807, 2.05) is 20.8 Å². The van der Waals surface area contributed by atoms with Crippen LogP contribution in [0.5, 0.6) is 0 Å². The van der Waals surface area contributed by atoms with Gasteiger partial charge in [-0.05, 0) is 20.8 Å². The smallest absolute Gasteiger partial charge is 0.248 e. The summed E-state index contributed by atoms with van der Waals surface area (Å²) in [6.45, 7) is 5.90. The highest BCUT2D eigenvalue weighted by Gasteiger charge is 2.21. The first-order chi connectivity index (χ1) is 7.88. The van der Waals surface area contributed by atoms with Crippen LogP contribution in [0.4, 0.5) is 0 Å². The molecule has 2 N–H and O–H groups in total. The molecule has 0 atom stereocenters. The van der Waals surface area contributed by atoms with E-state index < -0.39 is 5.54 Å². The van der Waals surface area contributed by atoms with Gasteiger partial charge < -0.3 is 10.3 Å². The van der Waals surface area contributed by atoms with Crippen molar-refractivity contribution in [2.24, 2.45) is 5.73 Å². The highest BCUT2D eigenvalue weighted by molar-refractivity contribution is 6.31. The van der Waals surface area contributed by atoms with Crippen molar-refractivity contribution in [2.75, 3.05) is 0 Å². The summed E-state index contributed by atoms with van der Waals surface area (Å²) in [5.41, 5.74) is 6.12. The Bertz CT molecular complexity index is 525. The van der Waals surface area contributed by atoms with E-state index in [-0.39, 0.29) is 0 Å². The maximum atomic E-state index is 5.90. The molecular formula is C10H14ClN5O. The number of hydrogen-bond acceptors (Lipinski definition) is 5. The van der Waals surface area contributed by atoms with Gasteiger partial charge in [0.1, 0.15) is 6.54 Å². The van der Waals surface area contributed by atoms with Gasteiger partial charge in [0, 0.05) is 0 Å². The van der Waals surface area contributed by atoms with Crippen LogP contribution in [0.15, 0.2) is 10.7 Å². The van der Waals surface area contributed by atoms with Gasteiger partial charge >= 0.3 is 0 Å². The molecular weight excluding hydrogens is 242 g/mol. The summed E-state index contributed by atoms with van der Waals surface area (Å²) in [6, 6.07) is 0. The zero-order chi connectivity index (χ0) is 12.6. The van der Waals surface area contributed by atoms with Gasteiger partial charge in [0.15, 0.2) is 5.82 Å².